The summed E-state index contributed by atoms with van der Waals surface area (Å²) in [5.74, 6) is -3.37. The second-order valence-electron chi connectivity index (χ2n) is 4.42. The molecule has 0 saturated heterocycles. The fraction of sp³-hybridized carbons (Fsp3) is 0.333. The van der Waals surface area contributed by atoms with Crippen LogP contribution < -0.4 is 4.90 Å². The Kier molecular flexibility index (Phi) is 2.69. The zero-order chi connectivity index (χ0) is 12.7. The number of ketones is 1. The van der Waals surface area contributed by atoms with Crippen molar-refractivity contribution in [3.63, 3.8) is 0 Å². The minimum absolute atomic E-state index is 0.0335. The summed E-state index contributed by atoms with van der Waals surface area (Å²) in [6, 6.07) is 1.63. The maximum absolute atomic E-state index is 13.4. The Morgan fingerprint density at radius 1 is 1.24 bits per heavy atom. The first-order valence-corrected chi connectivity index (χ1v) is 5.27. The van der Waals surface area contributed by atoms with Gasteiger partial charge in [-0.05, 0) is 12.0 Å². The molecule has 1 amide bonds. The Hall–Kier alpha value is -1.78. The number of amides is 1. The van der Waals surface area contributed by atoms with Gasteiger partial charge in [0.1, 0.15) is 11.6 Å². The number of anilines is 1. The van der Waals surface area contributed by atoms with E-state index < -0.39 is 23.3 Å². The van der Waals surface area contributed by atoms with E-state index in [-0.39, 0.29) is 23.7 Å². The number of nitrogens with zero attached hydrogens (tertiary/aromatic N) is 1. The molecule has 1 aliphatic rings. The maximum atomic E-state index is 13.4. The van der Waals surface area contributed by atoms with Gasteiger partial charge in [-0.1, -0.05) is 13.8 Å². The predicted molar refractivity (Wildman–Crippen MR) is 57.9 cm³/mol. The number of fused-ring (bicyclic) bond motifs is 1. The van der Waals surface area contributed by atoms with Crippen LogP contribution >= 0.6 is 0 Å². The van der Waals surface area contributed by atoms with Gasteiger partial charge in [-0.25, -0.2) is 8.78 Å². The molecule has 0 atom stereocenters. The lowest BCUT2D eigenvalue weighted by Gasteiger charge is -2.18. The Bertz CT molecular complexity index is 511. The summed E-state index contributed by atoms with van der Waals surface area (Å²) in [4.78, 5) is 24.3. The highest BCUT2D eigenvalue weighted by Gasteiger charge is 2.38. The number of Topliss-reactive ketones (excluding diaryl/α,β-unsaturated/α-hetero) is 1. The lowest BCUT2D eigenvalue weighted by atomic mass is 10.1. The average Bonchev–Trinajstić information content (AvgIpc) is 2.42. The van der Waals surface area contributed by atoms with Crippen molar-refractivity contribution in [3.8, 4) is 0 Å². The van der Waals surface area contributed by atoms with Crippen molar-refractivity contribution >= 4 is 17.4 Å². The molecule has 2 rings (SSSR count). The molecule has 3 nitrogen and oxygen atoms in total. The van der Waals surface area contributed by atoms with Gasteiger partial charge in [0.05, 0.1) is 11.3 Å². The van der Waals surface area contributed by atoms with E-state index >= 15 is 0 Å². The van der Waals surface area contributed by atoms with Crippen molar-refractivity contribution in [1.82, 2.24) is 0 Å². The average molecular weight is 239 g/mol. The van der Waals surface area contributed by atoms with Gasteiger partial charge in [0.2, 0.25) is 0 Å². The van der Waals surface area contributed by atoms with Gasteiger partial charge in [0, 0.05) is 12.6 Å². The molecule has 1 aromatic rings. The van der Waals surface area contributed by atoms with Gasteiger partial charge in [0.15, 0.2) is 0 Å². The highest BCUT2D eigenvalue weighted by Crippen LogP contribution is 2.32. The molecule has 90 valence electrons. The zero-order valence-corrected chi connectivity index (χ0v) is 9.46. The first-order chi connectivity index (χ1) is 7.91. The summed E-state index contributed by atoms with van der Waals surface area (Å²) < 4.78 is 26.5. The van der Waals surface area contributed by atoms with Gasteiger partial charge in [-0.15, -0.1) is 0 Å². The van der Waals surface area contributed by atoms with Crippen molar-refractivity contribution in [2.24, 2.45) is 5.92 Å². The highest BCUT2D eigenvalue weighted by molar-refractivity contribution is 6.52. The molecule has 1 heterocycles. The van der Waals surface area contributed by atoms with E-state index in [1.54, 1.807) is 0 Å². The molecule has 0 N–H and O–H groups in total. The molecule has 0 bridgehead atoms. The molecule has 17 heavy (non-hydrogen) atoms. The van der Waals surface area contributed by atoms with E-state index in [2.05, 4.69) is 0 Å². The van der Waals surface area contributed by atoms with Crippen molar-refractivity contribution in [2.75, 3.05) is 11.4 Å². The summed E-state index contributed by atoms with van der Waals surface area (Å²) in [6.07, 6.45) is 0. The second-order valence-corrected chi connectivity index (χ2v) is 4.42. The Labute approximate surface area is 97.0 Å². The van der Waals surface area contributed by atoms with Crippen LogP contribution in [0.3, 0.4) is 0 Å². The maximum Gasteiger partial charge on any atom is 0.299 e. The van der Waals surface area contributed by atoms with Gasteiger partial charge in [-0.2, -0.15) is 0 Å². The summed E-state index contributed by atoms with van der Waals surface area (Å²) in [5.41, 5.74) is -0.289. The van der Waals surface area contributed by atoms with Crippen LogP contribution in [-0.4, -0.2) is 18.2 Å². The Morgan fingerprint density at radius 2 is 1.88 bits per heavy atom. The first-order valence-electron chi connectivity index (χ1n) is 5.27. The lowest BCUT2D eigenvalue weighted by Crippen LogP contribution is -2.32. The molecule has 1 aliphatic heterocycles. The molecule has 0 radical (unpaired) electrons. The molecular formula is C12H11F2NO2. The van der Waals surface area contributed by atoms with Crippen molar-refractivity contribution < 1.29 is 18.4 Å². The largest absolute Gasteiger partial charge is 0.304 e. The normalized spacial score (nSPS) is 14.8. The molecule has 0 fully saturated rings. The number of hydrogen-bond donors (Lipinski definition) is 0. The smallest absolute Gasteiger partial charge is 0.299 e. The summed E-state index contributed by atoms with van der Waals surface area (Å²) in [5, 5.41) is 0. The third-order valence-corrected chi connectivity index (χ3v) is 2.54. The zero-order valence-electron chi connectivity index (χ0n) is 9.46. The van der Waals surface area contributed by atoms with Crippen LogP contribution in [0.15, 0.2) is 12.1 Å². The second kappa shape index (κ2) is 3.91. The number of rotatable bonds is 2. The van der Waals surface area contributed by atoms with Crippen LogP contribution in [-0.2, 0) is 4.79 Å². The lowest BCUT2D eigenvalue weighted by molar-refractivity contribution is -0.114. The fourth-order valence-electron chi connectivity index (χ4n) is 1.88. The van der Waals surface area contributed by atoms with E-state index in [1.165, 1.54) is 0 Å². The van der Waals surface area contributed by atoms with Gasteiger partial charge in [-0.3, -0.25) is 9.59 Å². The summed E-state index contributed by atoms with van der Waals surface area (Å²) in [6.45, 7) is 3.97. The van der Waals surface area contributed by atoms with Crippen molar-refractivity contribution in [3.05, 3.63) is 29.3 Å². The number of carbonyl (C=O) groups is 2. The first kappa shape index (κ1) is 11.7. The molecule has 5 heteroatoms. The SMILES string of the molecule is CC(C)CN1C(=O)C(=O)c2c(F)cc(F)cc21. The van der Waals surface area contributed by atoms with Crippen molar-refractivity contribution in [2.45, 2.75) is 13.8 Å². The molecule has 0 aromatic heterocycles. The third kappa shape index (κ3) is 1.81. The van der Waals surface area contributed by atoms with Crippen LogP contribution in [0.4, 0.5) is 14.5 Å². The van der Waals surface area contributed by atoms with E-state index in [0.29, 0.717) is 6.07 Å². The number of hydrogen-bond acceptors (Lipinski definition) is 2. The quantitative estimate of drug-likeness (QED) is 0.741. The van der Waals surface area contributed by atoms with Gasteiger partial charge >= 0.3 is 0 Å². The molecular weight excluding hydrogens is 228 g/mol. The number of carbonyl (C=O) groups excluding carboxylic acids is 2. The standard InChI is InChI=1S/C12H11F2NO2/c1-6(2)5-15-9-4-7(13)3-8(14)10(9)11(16)12(15)17/h3-4,6H,5H2,1-2H3. The van der Waals surface area contributed by atoms with E-state index in [9.17, 15) is 18.4 Å². The summed E-state index contributed by atoms with van der Waals surface area (Å²) >= 11 is 0. The molecule has 1 aromatic carbocycles. The van der Waals surface area contributed by atoms with Crippen molar-refractivity contribution in [1.29, 1.82) is 0 Å². The Morgan fingerprint density at radius 3 is 2.47 bits per heavy atom. The predicted octanol–water partition coefficient (Wildman–Crippen LogP) is 2.15. The molecule has 0 saturated carbocycles. The third-order valence-electron chi connectivity index (χ3n) is 2.54. The summed E-state index contributed by atoms with van der Waals surface area (Å²) in [7, 11) is 0. The highest BCUT2D eigenvalue weighted by atomic mass is 19.1. The van der Waals surface area contributed by atoms with Crippen LogP contribution in [0.2, 0.25) is 0 Å². The van der Waals surface area contributed by atoms with Crippen LogP contribution in [0.25, 0.3) is 0 Å². The van der Waals surface area contributed by atoms with Gasteiger partial charge in [0.25, 0.3) is 11.7 Å². The fourth-order valence-corrected chi connectivity index (χ4v) is 1.88. The Balaban J connectivity index is 2.56. The number of halogens is 2. The molecule has 0 spiro atoms. The topological polar surface area (TPSA) is 37.4 Å². The van der Waals surface area contributed by atoms with E-state index in [0.717, 1.165) is 11.0 Å². The van der Waals surface area contributed by atoms with Crippen LogP contribution in [0.5, 0.6) is 0 Å². The van der Waals surface area contributed by atoms with Gasteiger partial charge < -0.3 is 4.90 Å². The monoisotopic (exact) mass is 239 g/mol. The minimum atomic E-state index is -0.982. The molecule has 0 unspecified atom stereocenters. The van der Waals surface area contributed by atoms with Crippen LogP contribution in [0, 0.1) is 17.6 Å². The number of benzene rings is 1. The van der Waals surface area contributed by atoms with E-state index in [4.69, 9.17) is 0 Å². The minimum Gasteiger partial charge on any atom is -0.304 e. The van der Waals surface area contributed by atoms with E-state index in [1.807, 2.05) is 13.8 Å². The molecule has 0 aliphatic carbocycles. The van der Waals surface area contributed by atoms with Crippen LogP contribution in [0.1, 0.15) is 24.2 Å².